The maximum Gasteiger partial charge on any atom is 0.401 e. The Bertz CT molecular complexity index is 263. The zero-order valence-electron chi connectivity index (χ0n) is 11.3. The van der Waals surface area contributed by atoms with Gasteiger partial charge in [-0.1, -0.05) is 0 Å². The number of methoxy groups -OCH3 is 1. The first-order valence-corrected chi connectivity index (χ1v) is 6.00. The minimum atomic E-state index is -4.43. The molecule has 0 saturated heterocycles. The van der Waals surface area contributed by atoms with Gasteiger partial charge in [-0.15, -0.1) is 0 Å². The first-order valence-electron chi connectivity index (χ1n) is 6.00. The maximum atomic E-state index is 12.2. The van der Waals surface area contributed by atoms with E-state index in [0.29, 0.717) is 19.8 Å². The molecule has 0 atom stereocenters. The second kappa shape index (κ2) is 10.8. The molecule has 0 aromatic rings. The standard InChI is InChI=1S/C11H20F3NO5/c1-18-4-5-20-7-6-19-3-2-15(8-10(16)17)9-11(12,13)14/h2-9H2,1H3,(H,16,17). The number of aliphatic carboxylic acids is 1. The van der Waals surface area contributed by atoms with Gasteiger partial charge in [-0.3, -0.25) is 9.69 Å². The van der Waals surface area contributed by atoms with Crippen molar-refractivity contribution in [3.63, 3.8) is 0 Å². The number of carboxylic acid groups (broad SMARTS) is 1. The highest BCUT2D eigenvalue weighted by Crippen LogP contribution is 2.16. The lowest BCUT2D eigenvalue weighted by atomic mass is 10.4. The monoisotopic (exact) mass is 303 g/mol. The fraction of sp³-hybridized carbons (Fsp3) is 0.909. The lowest BCUT2D eigenvalue weighted by Gasteiger charge is -2.21. The van der Waals surface area contributed by atoms with E-state index in [4.69, 9.17) is 19.3 Å². The van der Waals surface area contributed by atoms with Gasteiger partial charge < -0.3 is 19.3 Å². The van der Waals surface area contributed by atoms with Gasteiger partial charge in [0.1, 0.15) is 0 Å². The van der Waals surface area contributed by atoms with Crippen LogP contribution < -0.4 is 0 Å². The molecule has 20 heavy (non-hydrogen) atoms. The smallest absolute Gasteiger partial charge is 0.401 e. The number of carbonyl (C=O) groups is 1. The lowest BCUT2D eigenvalue weighted by Crippen LogP contribution is -2.39. The van der Waals surface area contributed by atoms with Crippen LogP contribution in [0.25, 0.3) is 0 Å². The third kappa shape index (κ3) is 13.5. The van der Waals surface area contributed by atoms with Gasteiger partial charge in [-0.05, 0) is 0 Å². The predicted molar refractivity (Wildman–Crippen MR) is 63.6 cm³/mol. The van der Waals surface area contributed by atoms with Crippen LogP contribution >= 0.6 is 0 Å². The van der Waals surface area contributed by atoms with E-state index in [1.165, 1.54) is 7.11 Å². The second-order valence-corrected chi connectivity index (χ2v) is 3.94. The highest BCUT2D eigenvalue weighted by atomic mass is 19.4. The Labute approximate surface area is 115 Å². The quantitative estimate of drug-likeness (QED) is 0.533. The van der Waals surface area contributed by atoms with Crippen LogP contribution in [0.1, 0.15) is 0 Å². The molecule has 0 fully saturated rings. The van der Waals surface area contributed by atoms with Crippen LogP contribution in [0.5, 0.6) is 0 Å². The van der Waals surface area contributed by atoms with E-state index >= 15 is 0 Å². The van der Waals surface area contributed by atoms with E-state index in [2.05, 4.69) is 0 Å². The molecule has 0 rings (SSSR count). The molecule has 0 radical (unpaired) electrons. The maximum absolute atomic E-state index is 12.2. The van der Waals surface area contributed by atoms with Crippen LogP contribution in [-0.4, -0.2) is 81.9 Å². The van der Waals surface area contributed by atoms with Gasteiger partial charge in [-0.2, -0.15) is 13.2 Å². The number of hydrogen-bond donors (Lipinski definition) is 1. The Morgan fingerprint density at radius 1 is 1.10 bits per heavy atom. The molecule has 120 valence electrons. The summed E-state index contributed by atoms with van der Waals surface area (Å²) in [6.07, 6.45) is -4.43. The third-order valence-electron chi connectivity index (χ3n) is 2.12. The van der Waals surface area contributed by atoms with Crippen molar-refractivity contribution < 1.29 is 37.3 Å². The zero-order chi connectivity index (χ0) is 15.4. The Hall–Kier alpha value is -0.900. The molecule has 9 heteroatoms. The normalized spacial score (nSPS) is 12.1. The van der Waals surface area contributed by atoms with Gasteiger partial charge >= 0.3 is 12.1 Å². The Balaban J connectivity index is 3.71. The van der Waals surface area contributed by atoms with Crippen molar-refractivity contribution in [2.45, 2.75) is 6.18 Å². The predicted octanol–water partition coefficient (Wildman–Crippen LogP) is 0.615. The van der Waals surface area contributed by atoms with Crippen LogP contribution in [0.15, 0.2) is 0 Å². The summed E-state index contributed by atoms with van der Waals surface area (Å²) in [5.41, 5.74) is 0. The van der Waals surface area contributed by atoms with Gasteiger partial charge in [0.2, 0.25) is 0 Å². The number of halogens is 3. The van der Waals surface area contributed by atoms with Gasteiger partial charge in [0, 0.05) is 13.7 Å². The topological polar surface area (TPSA) is 68.2 Å². The van der Waals surface area contributed by atoms with Crippen LogP contribution in [0.4, 0.5) is 13.2 Å². The molecular weight excluding hydrogens is 283 g/mol. The minimum Gasteiger partial charge on any atom is -0.480 e. The summed E-state index contributed by atoms with van der Waals surface area (Å²) in [5, 5.41) is 8.52. The van der Waals surface area contributed by atoms with Gasteiger partial charge in [0.05, 0.1) is 46.1 Å². The van der Waals surface area contributed by atoms with Crippen molar-refractivity contribution in [1.82, 2.24) is 4.90 Å². The van der Waals surface area contributed by atoms with E-state index in [-0.39, 0.29) is 19.8 Å². The summed E-state index contributed by atoms with van der Waals surface area (Å²) in [5.74, 6) is -1.31. The zero-order valence-corrected chi connectivity index (χ0v) is 11.3. The Kier molecular flexibility index (Phi) is 10.3. The molecule has 0 aliphatic heterocycles. The van der Waals surface area contributed by atoms with E-state index in [9.17, 15) is 18.0 Å². The first-order chi connectivity index (χ1) is 9.35. The number of ether oxygens (including phenoxy) is 3. The van der Waals surface area contributed by atoms with Crippen molar-refractivity contribution in [3.8, 4) is 0 Å². The third-order valence-corrected chi connectivity index (χ3v) is 2.12. The highest BCUT2D eigenvalue weighted by Gasteiger charge is 2.31. The SMILES string of the molecule is COCCOCCOCCN(CC(=O)O)CC(F)(F)F. The van der Waals surface area contributed by atoms with Gasteiger partial charge in [0.15, 0.2) is 0 Å². The molecular formula is C11H20F3NO5. The summed E-state index contributed by atoms with van der Waals surface area (Å²) in [6.45, 7) is -0.629. The number of rotatable bonds is 12. The van der Waals surface area contributed by atoms with Crippen molar-refractivity contribution in [1.29, 1.82) is 0 Å². The van der Waals surface area contributed by atoms with Crippen LogP contribution in [0, 0.1) is 0 Å². The molecule has 0 aromatic carbocycles. The van der Waals surface area contributed by atoms with Crippen LogP contribution in [0.2, 0.25) is 0 Å². The molecule has 0 spiro atoms. The number of hydrogen-bond acceptors (Lipinski definition) is 5. The fourth-order valence-electron chi connectivity index (χ4n) is 1.32. The summed E-state index contributed by atoms with van der Waals surface area (Å²) in [6, 6.07) is 0. The second-order valence-electron chi connectivity index (χ2n) is 3.94. The average Bonchev–Trinajstić information content (AvgIpc) is 2.29. The van der Waals surface area contributed by atoms with Gasteiger partial charge in [-0.25, -0.2) is 0 Å². The van der Waals surface area contributed by atoms with Crippen LogP contribution in [-0.2, 0) is 19.0 Å². The molecule has 0 aromatic heterocycles. The Morgan fingerprint density at radius 3 is 2.15 bits per heavy atom. The minimum absolute atomic E-state index is 0.0109. The molecule has 0 unspecified atom stereocenters. The molecule has 0 heterocycles. The Morgan fingerprint density at radius 2 is 1.65 bits per heavy atom. The largest absolute Gasteiger partial charge is 0.480 e. The van der Waals surface area contributed by atoms with Crippen molar-refractivity contribution in [2.75, 3.05) is 59.8 Å². The highest BCUT2D eigenvalue weighted by molar-refractivity contribution is 5.69. The lowest BCUT2D eigenvalue weighted by molar-refractivity contribution is -0.155. The van der Waals surface area contributed by atoms with Crippen molar-refractivity contribution in [3.05, 3.63) is 0 Å². The molecule has 0 bridgehead atoms. The summed E-state index contributed by atoms with van der Waals surface area (Å²) in [4.78, 5) is 11.2. The van der Waals surface area contributed by atoms with E-state index in [0.717, 1.165) is 4.90 Å². The molecule has 0 amide bonds. The summed E-state index contributed by atoms with van der Waals surface area (Å²) < 4.78 is 51.5. The number of carboxylic acids is 1. The van der Waals surface area contributed by atoms with Crippen molar-refractivity contribution >= 4 is 5.97 Å². The molecule has 1 N–H and O–H groups in total. The molecule has 0 aliphatic carbocycles. The first kappa shape index (κ1) is 19.1. The van der Waals surface area contributed by atoms with E-state index < -0.39 is 25.2 Å². The summed E-state index contributed by atoms with van der Waals surface area (Å²) in [7, 11) is 1.54. The number of alkyl halides is 3. The number of nitrogens with zero attached hydrogens (tertiary/aromatic N) is 1. The average molecular weight is 303 g/mol. The summed E-state index contributed by atoms with van der Waals surface area (Å²) >= 11 is 0. The fourth-order valence-corrected chi connectivity index (χ4v) is 1.32. The van der Waals surface area contributed by atoms with E-state index in [1.807, 2.05) is 0 Å². The van der Waals surface area contributed by atoms with Crippen molar-refractivity contribution in [2.24, 2.45) is 0 Å². The van der Waals surface area contributed by atoms with E-state index in [1.54, 1.807) is 0 Å². The van der Waals surface area contributed by atoms with Crippen LogP contribution in [0.3, 0.4) is 0 Å². The molecule has 0 aliphatic rings. The van der Waals surface area contributed by atoms with Gasteiger partial charge in [0.25, 0.3) is 0 Å². The molecule has 6 nitrogen and oxygen atoms in total. The molecule has 0 saturated carbocycles.